The van der Waals surface area contributed by atoms with Crippen LogP contribution in [-0.4, -0.2) is 98.0 Å². The van der Waals surface area contributed by atoms with Gasteiger partial charge in [-0.15, -0.1) is 0 Å². The number of carbonyl (C=O) groups is 2. The van der Waals surface area contributed by atoms with E-state index in [-0.39, 0.29) is 29.4 Å². The van der Waals surface area contributed by atoms with Crippen LogP contribution in [0.1, 0.15) is 66.2 Å². The number of phenols is 2. The Labute approximate surface area is 244 Å². The number of ketones is 1. The van der Waals surface area contributed by atoms with Crippen molar-refractivity contribution >= 4 is 11.7 Å². The molecule has 1 heterocycles. The summed E-state index contributed by atoms with van der Waals surface area (Å²) in [5.41, 5.74) is 2.18. The Morgan fingerprint density at radius 2 is 1.73 bits per heavy atom. The first-order chi connectivity index (χ1) is 19.8. The molecule has 3 rings (SSSR count). The second-order valence-corrected chi connectivity index (χ2v) is 10.3. The molecule has 1 saturated heterocycles. The van der Waals surface area contributed by atoms with Crippen molar-refractivity contribution in [1.29, 1.82) is 0 Å². The molecule has 226 valence electrons. The maximum Gasteiger partial charge on any atom is 0.227 e. The number of unbranched alkanes of at least 4 members (excludes halogenated alkanes) is 1. The van der Waals surface area contributed by atoms with Crippen molar-refractivity contribution < 1.29 is 34.0 Å². The van der Waals surface area contributed by atoms with Crippen molar-refractivity contribution in [2.45, 2.75) is 52.9 Å². The summed E-state index contributed by atoms with van der Waals surface area (Å²) < 4.78 is 16.7. The zero-order valence-corrected chi connectivity index (χ0v) is 25.0. The van der Waals surface area contributed by atoms with E-state index < -0.39 is 5.78 Å². The van der Waals surface area contributed by atoms with Crippen LogP contribution in [0.25, 0.3) is 0 Å². The molecule has 1 fully saturated rings. The topological polar surface area (TPSA) is 109 Å². The van der Waals surface area contributed by atoms with Crippen LogP contribution in [0.4, 0.5) is 0 Å². The minimum absolute atomic E-state index is 0.0539. The van der Waals surface area contributed by atoms with E-state index in [0.29, 0.717) is 55.8 Å². The van der Waals surface area contributed by atoms with Gasteiger partial charge in [0.25, 0.3) is 0 Å². The molecule has 2 N–H and O–H groups in total. The lowest BCUT2D eigenvalue weighted by Crippen LogP contribution is -2.38. The van der Waals surface area contributed by atoms with E-state index in [2.05, 4.69) is 11.8 Å². The van der Waals surface area contributed by atoms with Gasteiger partial charge in [0, 0.05) is 51.5 Å². The highest BCUT2D eigenvalue weighted by molar-refractivity contribution is 6.12. The van der Waals surface area contributed by atoms with Crippen LogP contribution in [0.15, 0.2) is 24.3 Å². The van der Waals surface area contributed by atoms with E-state index >= 15 is 0 Å². The van der Waals surface area contributed by atoms with Crippen molar-refractivity contribution in [3.05, 3.63) is 52.1 Å². The molecule has 0 spiro atoms. The molecule has 0 unspecified atom stereocenters. The van der Waals surface area contributed by atoms with Gasteiger partial charge in [0.15, 0.2) is 5.78 Å². The van der Waals surface area contributed by atoms with E-state index in [9.17, 15) is 19.8 Å². The highest BCUT2D eigenvalue weighted by Gasteiger charge is 2.27. The van der Waals surface area contributed by atoms with E-state index in [0.717, 1.165) is 57.0 Å². The molecule has 0 aromatic heterocycles. The average Bonchev–Trinajstić information content (AvgIpc) is 2.97. The molecule has 9 heteroatoms. The molecule has 1 amide bonds. The lowest BCUT2D eigenvalue weighted by Gasteiger charge is -2.26. The highest BCUT2D eigenvalue weighted by Crippen LogP contribution is 2.36. The Kier molecular flexibility index (Phi) is 12.9. The Balaban J connectivity index is 1.88. The SMILES string of the molecule is CCCCN(CCOC)C(=O)Cc1c(CC)c(O)cc(O)c1C(=O)c1ccc(OCCN2CCOCC2)c(CC)c1. The normalized spacial score (nSPS) is 13.8. The molecule has 2 aromatic rings. The number of methoxy groups -OCH3 is 1. The molecule has 41 heavy (non-hydrogen) atoms. The summed E-state index contributed by atoms with van der Waals surface area (Å²) in [5.74, 6) is -0.316. The van der Waals surface area contributed by atoms with Gasteiger partial charge >= 0.3 is 0 Å². The molecule has 0 saturated carbocycles. The number of carbonyl (C=O) groups excluding carboxylic acids is 2. The minimum Gasteiger partial charge on any atom is -0.508 e. The number of benzene rings is 2. The third kappa shape index (κ3) is 8.67. The number of rotatable bonds is 16. The van der Waals surface area contributed by atoms with Crippen LogP contribution in [0.2, 0.25) is 0 Å². The van der Waals surface area contributed by atoms with Gasteiger partial charge in [-0.3, -0.25) is 14.5 Å². The van der Waals surface area contributed by atoms with Crippen LogP contribution in [0.3, 0.4) is 0 Å². The first-order valence-electron chi connectivity index (χ1n) is 14.8. The molecule has 9 nitrogen and oxygen atoms in total. The zero-order chi connectivity index (χ0) is 29.8. The van der Waals surface area contributed by atoms with Crippen molar-refractivity contribution in [3.63, 3.8) is 0 Å². The van der Waals surface area contributed by atoms with Crippen LogP contribution in [0.5, 0.6) is 17.2 Å². The van der Waals surface area contributed by atoms with Crippen molar-refractivity contribution in [2.24, 2.45) is 0 Å². The van der Waals surface area contributed by atoms with Crippen LogP contribution in [0, 0.1) is 0 Å². The molecular weight excluding hydrogens is 524 g/mol. The standard InChI is InChI=1S/C32H46N2O7/c1-5-8-11-34(15-16-39-4)30(37)21-26-25(7-3)27(35)22-28(36)31(26)32(38)24-9-10-29(23(6-2)20-24)41-19-14-33-12-17-40-18-13-33/h9-10,20,22,35-36H,5-8,11-19,21H2,1-4H3. The van der Waals surface area contributed by atoms with Crippen molar-refractivity contribution in [2.75, 3.05) is 66.3 Å². The molecular formula is C32H46N2O7. The predicted molar refractivity (Wildman–Crippen MR) is 158 cm³/mol. The number of ether oxygens (including phenoxy) is 3. The van der Waals surface area contributed by atoms with Gasteiger partial charge in [-0.25, -0.2) is 0 Å². The summed E-state index contributed by atoms with van der Waals surface area (Å²) in [5, 5.41) is 21.6. The number of amides is 1. The zero-order valence-electron chi connectivity index (χ0n) is 25.0. The number of morpholine rings is 1. The number of aromatic hydroxyl groups is 2. The summed E-state index contributed by atoms with van der Waals surface area (Å²) >= 11 is 0. The Morgan fingerprint density at radius 3 is 2.39 bits per heavy atom. The van der Waals surface area contributed by atoms with Gasteiger partial charge in [-0.1, -0.05) is 27.2 Å². The number of hydrogen-bond acceptors (Lipinski definition) is 8. The van der Waals surface area contributed by atoms with Crippen LogP contribution in [-0.2, 0) is 33.5 Å². The number of hydrogen-bond donors (Lipinski definition) is 2. The van der Waals surface area contributed by atoms with Crippen LogP contribution >= 0.6 is 0 Å². The van der Waals surface area contributed by atoms with Gasteiger partial charge in [-0.2, -0.15) is 0 Å². The monoisotopic (exact) mass is 570 g/mol. The van der Waals surface area contributed by atoms with Crippen molar-refractivity contribution in [3.8, 4) is 17.2 Å². The van der Waals surface area contributed by atoms with Gasteiger partial charge < -0.3 is 29.3 Å². The first kappa shape index (κ1) is 32.4. The molecule has 1 aliphatic rings. The second-order valence-electron chi connectivity index (χ2n) is 10.3. The molecule has 2 aromatic carbocycles. The van der Waals surface area contributed by atoms with E-state index in [1.165, 1.54) is 6.07 Å². The third-order valence-electron chi connectivity index (χ3n) is 7.59. The fraction of sp³-hybridized carbons (Fsp3) is 0.562. The number of aryl methyl sites for hydroxylation is 1. The number of phenolic OH excluding ortho intramolecular Hbond substituents is 2. The quantitative estimate of drug-likeness (QED) is 0.292. The minimum atomic E-state index is -0.397. The predicted octanol–water partition coefficient (Wildman–Crippen LogP) is 3.98. The third-order valence-corrected chi connectivity index (χ3v) is 7.59. The lowest BCUT2D eigenvalue weighted by molar-refractivity contribution is -0.131. The second kappa shape index (κ2) is 16.3. The maximum atomic E-state index is 13.9. The Bertz CT molecular complexity index is 1150. The molecule has 1 aliphatic heterocycles. The summed E-state index contributed by atoms with van der Waals surface area (Å²) in [6, 6.07) is 6.48. The molecule has 0 radical (unpaired) electrons. The summed E-state index contributed by atoms with van der Waals surface area (Å²) in [7, 11) is 1.59. The van der Waals surface area contributed by atoms with Gasteiger partial charge in [0.2, 0.25) is 5.91 Å². The average molecular weight is 571 g/mol. The summed E-state index contributed by atoms with van der Waals surface area (Å²) in [6.45, 7) is 11.9. The molecule has 0 bridgehead atoms. The smallest absolute Gasteiger partial charge is 0.227 e. The van der Waals surface area contributed by atoms with E-state index in [4.69, 9.17) is 14.2 Å². The highest BCUT2D eigenvalue weighted by atomic mass is 16.5. The Hall–Kier alpha value is -3.14. The van der Waals surface area contributed by atoms with Gasteiger partial charge in [-0.05, 0) is 54.2 Å². The Morgan fingerprint density at radius 1 is 0.976 bits per heavy atom. The van der Waals surface area contributed by atoms with Crippen LogP contribution < -0.4 is 4.74 Å². The summed E-state index contributed by atoms with van der Waals surface area (Å²) in [4.78, 5) is 31.4. The fourth-order valence-electron chi connectivity index (χ4n) is 5.16. The molecule has 0 atom stereocenters. The van der Waals surface area contributed by atoms with Gasteiger partial charge in [0.1, 0.15) is 23.9 Å². The summed E-state index contributed by atoms with van der Waals surface area (Å²) in [6.07, 6.45) is 2.72. The number of nitrogens with zero attached hydrogens (tertiary/aromatic N) is 2. The van der Waals surface area contributed by atoms with Crippen molar-refractivity contribution in [1.82, 2.24) is 9.80 Å². The fourth-order valence-corrected chi connectivity index (χ4v) is 5.16. The van der Waals surface area contributed by atoms with E-state index in [1.807, 2.05) is 13.8 Å². The molecule has 0 aliphatic carbocycles. The largest absolute Gasteiger partial charge is 0.508 e. The maximum absolute atomic E-state index is 13.9. The van der Waals surface area contributed by atoms with Gasteiger partial charge in [0.05, 0.1) is 31.8 Å². The lowest BCUT2D eigenvalue weighted by atomic mass is 9.89. The van der Waals surface area contributed by atoms with E-state index in [1.54, 1.807) is 30.2 Å². The first-order valence-corrected chi connectivity index (χ1v) is 14.8.